The van der Waals surface area contributed by atoms with Crippen molar-refractivity contribution in [2.24, 2.45) is 0 Å². The minimum atomic E-state index is -0.299. The highest BCUT2D eigenvalue weighted by atomic mass is 19.1. The van der Waals surface area contributed by atoms with E-state index >= 15 is 0 Å². The Bertz CT molecular complexity index is 2320. The minimum absolute atomic E-state index is 0.145. The van der Waals surface area contributed by atoms with E-state index in [2.05, 4.69) is 137 Å². The van der Waals surface area contributed by atoms with Crippen molar-refractivity contribution in [3.8, 4) is 56.4 Å². The molecule has 1 aromatic heterocycles. The van der Waals surface area contributed by atoms with Crippen LogP contribution in [0, 0.1) is 5.82 Å². The molecule has 0 aliphatic heterocycles. The van der Waals surface area contributed by atoms with Gasteiger partial charge in [0.05, 0.1) is 0 Å². The zero-order valence-corrected chi connectivity index (χ0v) is 28.3. The first-order chi connectivity index (χ1) is 23.6. The molecule has 1 aliphatic rings. The van der Waals surface area contributed by atoms with Crippen LogP contribution in [-0.4, -0.2) is 15.0 Å². The molecule has 0 amide bonds. The van der Waals surface area contributed by atoms with Gasteiger partial charge in [0.1, 0.15) is 5.82 Å². The summed E-state index contributed by atoms with van der Waals surface area (Å²) in [5.74, 6) is 1.34. The molecular formula is C45H38FN3. The number of aromatic nitrogens is 3. The van der Waals surface area contributed by atoms with Crippen LogP contribution in [0.15, 0.2) is 133 Å². The molecule has 0 spiro atoms. The number of hydrogen-bond donors (Lipinski definition) is 0. The Labute approximate surface area is 287 Å². The number of hydrogen-bond acceptors (Lipinski definition) is 3. The van der Waals surface area contributed by atoms with Crippen LogP contribution < -0.4 is 0 Å². The first-order valence-corrected chi connectivity index (χ1v) is 17.0. The fourth-order valence-electron chi connectivity index (χ4n) is 7.12. The quantitative estimate of drug-likeness (QED) is 0.188. The molecule has 0 atom stereocenters. The van der Waals surface area contributed by atoms with Gasteiger partial charge >= 0.3 is 0 Å². The SMILES string of the molecule is CC1(C)CCC(C)(C)c2cc(-c3ccc(-c4nc(-c5ccc(F)cc5)nc(-c5ccc(-c6ccc7ccccc7c6)cc5)n4)cc3)ccc21. The average Bonchev–Trinajstić information content (AvgIpc) is 3.13. The second-order valence-electron chi connectivity index (χ2n) is 14.6. The van der Waals surface area contributed by atoms with Crippen molar-refractivity contribution in [1.29, 1.82) is 0 Å². The monoisotopic (exact) mass is 639 g/mol. The van der Waals surface area contributed by atoms with Crippen LogP contribution in [0.5, 0.6) is 0 Å². The summed E-state index contributed by atoms with van der Waals surface area (Å²) in [4.78, 5) is 14.7. The highest BCUT2D eigenvalue weighted by molar-refractivity contribution is 5.87. The van der Waals surface area contributed by atoms with Crippen molar-refractivity contribution >= 4 is 10.8 Å². The Hall–Kier alpha value is -5.48. The second kappa shape index (κ2) is 11.9. The molecular weight excluding hydrogens is 602 g/mol. The summed E-state index contributed by atoms with van der Waals surface area (Å²) in [6.45, 7) is 9.44. The van der Waals surface area contributed by atoms with Crippen LogP contribution in [0.4, 0.5) is 4.39 Å². The smallest absolute Gasteiger partial charge is 0.164 e. The first kappa shape index (κ1) is 30.8. The van der Waals surface area contributed by atoms with E-state index < -0.39 is 0 Å². The van der Waals surface area contributed by atoms with Gasteiger partial charge in [-0.1, -0.05) is 131 Å². The largest absolute Gasteiger partial charge is 0.208 e. The van der Waals surface area contributed by atoms with E-state index in [1.54, 1.807) is 12.1 Å². The molecule has 3 nitrogen and oxygen atoms in total. The van der Waals surface area contributed by atoms with Crippen LogP contribution in [0.25, 0.3) is 67.2 Å². The third kappa shape index (κ3) is 5.93. The van der Waals surface area contributed by atoms with Gasteiger partial charge in [0.15, 0.2) is 17.5 Å². The molecule has 0 fully saturated rings. The molecule has 0 saturated heterocycles. The zero-order valence-electron chi connectivity index (χ0n) is 28.3. The van der Waals surface area contributed by atoms with E-state index in [9.17, 15) is 4.39 Å². The van der Waals surface area contributed by atoms with E-state index in [1.165, 1.54) is 52.4 Å². The molecule has 0 radical (unpaired) electrons. The van der Waals surface area contributed by atoms with Crippen LogP contribution in [0.1, 0.15) is 51.7 Å². The van der Waals surface area contributed by atoms with E-state index in [0.717, 1.165) is 33.4 Å². The highest BCUT2D eigenvalue weighted by Crippen LogP contribution is 2.47. The van der Waals surface area contributed by atoms with Gasteiger partial charge in [-0.25, -0.2) is 19.3 Å². The van der Waals surface area contributed by atoms with Crippen molar-refractivity contribution in [1.82, 2.24) is 15.0 Å². The summed E-state index contributed by atoms with van der Waals surface area (Å²) in [5, 5.41) is 2.43. The van der Waals surface area contributed by atoms with Gasteiger partial charge in [-0.15, -0.1) is 0 Å². The van der Waals surface area contributed by atoms with Gasteiger partial charge in [0.2, 0.25) is 0 Å². The fraction of sp³-hybridized carbons (Fsp3) is 0.178. The van der Waals surface area contributed by atoms with Gasteiger partial charge in [-0.3, -0.25) is 0 Å². The summed E-state index contributed by atoms with van der Waals surface area (Å²) in [5.41, 5.74) is 10.4. The predicted octanol–water partition coefficient (Wildman–Crippen LogP) is 11.8. The third-order valence-electron chi connectivity index (χ3n) is 10.3. The summed E-state index contributed by atoms with van der Waals surface area (Å²) >= 11 is 0. The third-order valence-corrected chi connectivity index (χ3v) is 10.3. The molecule has 49 heavy (non-hydrogen) atoms. The average molecular weight is 640 g/mol. The molecule has 240 valence electrons. The maximum Gasteiger partial charge on any atom is 0.164 e. The van der Waals surface area contributed by atoms with Gasteiger partial charge in [0.25, 0.3) is 0 Å². The molecule has 0 saturated carbocycles. The standard InChI is InChI=1S/C45H38FN3/c1-44(2)25-26-45(3,4)40-28-37(21-24-39(40)44)31-11-16-33(17-12-31)42-47-41(48-43(49-42)34-19-22-38(46)23-20-34)32-14-9-30(10-15-32)36-18-13-29-7-5-6-8-35(29)27-36/h5-24,27-28H,25-26H2,1-4H3. The number of nitrogens with zero attached hydrogens (tertiary/aromatic N) is 3. The normalized spacial score (nSPS) is 14.8. The van der Waals surface area contributed by atoms with Crippen LogP contribution >= 0.6 is 0 Å². The van der Waals surface area contributed by atoms with Gasteiger partial charge < -0.3 is 0 Å². The van der Waals surface area contributed by atoms with Crippen LogP contribution in [0.2, 0.25) is 0 Å². The summed E-state index contributed by atoms with van der Waals surface area (Å²) in [6.07, 6.45) is 2.38. The van der Waals surface area contributed by atoms with Crippen molar-refractivity contribution in [3.05, 3.63) is 150 Å². The first-order valence-electron chi connectivity index (χ1n) is 17.0. The molecule has 0 unspecified atom stereocenters. The van der Waals surface area contributed by atoms with Gasteiger partial charge in [0, 0.05) is 16.7 Å². The maximum absolute atomic E-state index is 13.9. The lowest BCUT2D eigenvalue weighted by molar-refractivity contribution is 0.332. The highest BCUT2D eigenvalue weighted by Gasteiger charge is 2.37. The number of rotatable bonds is 5. The Morgan fingerprint density at radius 1 is 0.408 bits per heavy atom. The molecule has 8 rings (SSSR count). The Morgan fingerprint density at radius 2 is 0.816 bits per heavy atom. The van der Waals surface area contributed by atoms with E-state index in [0.29, 0.717) is 17.5 Å². The van der Waals surface area contributed by atoms with Crippen molar-refractivity contribution in [2.75, 3.05) is 0 Å². The number of fused-ring (bicyclic) bond motifs is 2. The van der Waals surface area contributed by atoms with E-state index in [4.69, 9.17) is 15.0 Å². The van der Waals surface area contributed by atoms with Gasteiger partial charge in [-0.2, -0.15) is 0 Å². The van der Waals surface area contributed by atoms with Crippen molar-refractivity contribution in [2.45, 2.75) is 51.4 Å². The molecule has 0 N–H and O–H groups in total. The Balaban J connectivity index is 1.15. The summed E-state index contributed by atoms with van der Waals surface area (Å²) < 4.78 is 13.9. The number of halogens is 1. The van der Waals surface area contributed by atoms with Crippen molar-refractivity contribution < 1.29 is 4.39 Å². The van der Waals surface area contributed by atoms with E-state index in [1.807, 2.05) is 0 Å². The molecule has 4 heteroatoms. The molecule has 0 bridgehead atoms. The van der Waals surface area contributed by atoms with Crippen LogP contribution in [0.3, 0.4) is 0 Å². The van der Waals surface area contributed by atoms with Gasteiger partial charge in [-0.05, 0) is 98.2 Å². The Morgan fingerprint density at radius 3 is 1.37 bits per heavy atom. The molecule has 1 aliphatic carbocycles. The molecule has 7 aromatic rings. The molecule has 1 heterocycles. The second-order valence-corrected chi connectivity index (χ2v) is 14.6. The van der Waals surface area contributed by atoms with Crippen molar-refractivity contribution in [3.63, 3.8) is 0 Å². The lowest BCUT2D eigenvalue weighted by Crippen LogP contribution is -2.33. The lowest BCUT2D eigenvalue weighted by Gasteiger charge is -2.42. The molecule has 6 aromatic carbocycles. The number of benzene rings is 6. The lowest BCUT2D eigenvalue weighted by atomic mass is 9.63. The topological polar surface area (TPSA) is 38.7 Å². The van der Waals surface area contributed by atoms with Crippen LogP contribution in [-0.2, 0) is 10.8 Å². The zero-order chi connectivity index (χ0) is 33.8. The fourth-order valence-corrected chi connectivity index (χ4v) is 7.12. The maximum atomic E-state index is 13.9. The van der Waals surface area contributed by atoms with E-state index in [-0.39, 0.29) is 16.6 Å². The predicted molar refractivity (Wildman–Crippen MR) is 200 cm³/mol. The summed E-state index contributed by atoms with van der Waals surface area (Å²) in [6, 6.07) is 45.0. The summed E-state index contributed by atoms with van der Waals surface area (Å²) in [7, 11) is 0. The Kier molecular flexibility index (Phi) is 7.48. The minimum Gasteiger partial charge on any atom is -0.208 e.